The molecule has 2 amide bonds. The molecule has 0 radical (unpaired) electrons. The van der Waals surface area contributed by atoms with Crippen LogP contribution in [-0.4, -0.2) is 17.9 Å². The van der Waals surface area contributed by atoms with Gasteiger partial charge in [0.2, 0.25) is 0 Å². The summed E-state index contributed by atoms with van der Waals surface area (Å²) in [6.45, 7) is 0.382. The van der Waals surface area contributed by atoms with Crippen LogP contribution >= 0.6 is 11.3 Å². The maximum Gasteiger partial charge on any atom is 0.265 e. The van der Waals surface area contributed by atoms with Crippen molar-refractivity contribution in [3.63, 3.8) is 0 Å². The van der Waals surface area contributed by atoms with E-state index in [-0.39, 0.29) is 17.9 Å². The molecular formula is C24H24N2O3S. The second kappa shape index (κ2) is 9.59. The van der Waals surface area contributed by atoms with E-state index in [4.69, 9.17) is 4.74 Å². The van der Waals surface area contributed by atoms with Gasteiger partial charge in [-0.3, -0.25) is 9.59 Å². The molecule has 1 aliphatic carbocycles. The minimum atomic E-state index is -0.196. The number of amides is 2. The van der Waals surface area contributed by atoms with Gasteiger partial charge >= 0.3 is 0 Å². The molecule has 0 aliphatic heterocycles. The van der Waals surface area contributed by atoms with Crippen molar-refractivity contribution in [3.05, 3.63) is 82.0 Å². The zero-order valence-electron chi connectivity index (χ0n) is 16.6. The molecule has 2 N–H and O–H groups in total. The fourth-order valence-electron chi connectivity index (χ4n) is 3.57. The molecule has 2 aromatic carbocycles. The van der Waals surface area contributed by atoms with Crippen LogP contribution < -0.4 is 15.4 Å². The Balaban J connectivity index is 1.38. The summed E-state index contributed by atoms with van der Waals surface area (Å²) >= 11 is 1.38. The average molecular weight is 421 g/mol. The van der Waals surface area contributed by atoms with Crippen molar-refractivity contribution in [1.29, 1.82) is 0 Å². The van der Waals surface area contributed by atoms with Gasteiger partial charge in [-0.2, -0.15) is 0 Å². The first-order chi connectivity index (χ1) is 14.7. The van der Waals surface area contributed by atoms with Crippen LogP contribution in [0.15, 0.2) is 66.0 Å². The average Bonchev–Trinajstić information content (AvgIpc) is 3.47. The van der Waals surface area contributed by atoms with E-state index >= 15 is 0 Å². The lowest BCUT2D eigenvalue weighted by Gasteiger charge is -2.17. The largest absolute Gasteiger partial charge is 0.490 e. The quantitative estimate of drug-likeness (QED) is 0.548. The van der Waals surface area contributed by atoms with E-state index in [0.29, 0.717) is 22.7 Å². The Kier molecular flexibility index (Phi) is 6.44. The molecule has 4 rings (SSSR count). The fraction of sp³-hybridized carbons (Fsp3) is 0.250. The smallest absolute Gasteiger partial charge is 0.265 e. The van der Waals surface area contributed by atoms with Crippen LogP contribution in [-0.2, 0) is 6.54 Å². The highest BCUT2D eigenvalue weighted by Crippen LogP contribution is 2.26. The Hall–Kier alpha value is -3.12. The number of ether oxygens (including phenoxy) is 1. The van der Waals surface area contributed by atoms with Crippen molar-refractivity contribution in [2.75, 3.05) is 5.32 Å². The number of carbonyl (C=O) groups is 2. The monoisotopic (exact) mass is 420 g/mol. The molecule has 0 bridgehead atoms. The second-order valence-corrected chi connectivity index (χ2v) is 8.27. The van der Waals surface area contributed by atoms with Gasteiger partial charge < -0.3 is 15.4 Å². The molecule has 0 unspecified atom stereocenters. The Morgan fingerprint density at radius 2 is 1.80 bits per heavy atom. The van der Waals surface area contributed by atoms with Crippen LogP contribution in [0.5, 0.6) is 5.75 Å². The van der Waals surface area contributed by atoms with E-state index in [1.807, 2.05) is 35.7 Å². The van der Waals surface area contributed by atoms with Gasteiger partial charge in [-0.15, -0.1) is 11.3 Å². The highest BCUT2D eigenvalue weighted by molar-refractivity contribution is 7.12. The van der Waals surface area contributed by atoms with E-state index in [1.165, 1.54) is 24.2 Å². The zero-order valence-corrected chi connectivity index (χ0v) is 17.4. The maximum atomic E-state index is 12.7. The summed E-state index contributed by atoms with van der Waals surface area (Å²) in [6.07, 6.45) is 4.87. The van der Waals surface area contributed by atoms with Crippen molar-refractivity contribution in [2.24, 2.45) is 0 Å². The Morgan fingerprint density at radius 3 is 2.60 bits per heavy atom. The predicted molar refractivity (Wildman–Crippen MR) is 119 cm³/mol. The van der Waals surface area contributed by atoms with Crippen LogP contribution in [0.25, 0.3) is 0 Å². The number of benzene rings is 2. The molecule has 6 heteroatoms. The van der Waals surface area contributed by atoms with Crippen LogP contribution in [0, 0.1) is 0 Å². The fourth-order valence-corrected chi connectivity index (χ4v) is 4.19. The van der Waals surface area contributed by atoms with Gasteiger partial charge in [-0.05, 0) is 61.4 Å². The molecule has 1 aromatic heterocycles. The standard InChI is InChI=1S/C24H24N2O3S/c27-23(17-8-5-9-19(15-17)26-24(28)22-13-6-14-30-22)25-16-18-7-1-4-12-21(18)29-20-10-2-3-11-20/h1,4-9,12-15,20H,2-3,10-11,16H2,(H,25,27)(H,26,28). The number of thiophene rings is 1. The summed E-state index contributed by atoms with van der Waals surface area (Å²) in [5, 5.41) is 7.65. The summed E-state index contributed by atoms with van der Waals surface area (Å²) in [7, 11) is 0. The number of nitrogens with one attached hydrogen (secondary N) is 2. The summed E-state index contributed by atoms with van der Waals surface area (Å²) < 4.78 is 6.14. The summed E-state index contributed by atoms with van der Waals surface area (Å²) in [4.78, 5) is 25.5. The van der Waals surface area contributed by atoms with Crippen molar-refractivity contribution in [1.82, 2.24) is 5.32 Å². The molecular weight excluding hydrogens is 396 g/mol. The van der Waals surface area contributed by atoms with Gasteiger partial charge in [0.1, 0.15) is 5.75 Å². The summed E-state index contributed by atoms with van der Waals surface area (Å²) in [6, 6.07) is 18.4. The minimum Gasteiger partial charge on any atom is -0.490 e. The van der Waals surface area contributed by atoms with Crippen molar-refractivity contribution in [3.8, 4) is 5.75 Å². The number of carbonyl (C=O) groups excluding carboxylic acids is 2. The predicted octanol–water partition coefficient (Wildman–Crippen LogP) is 5.25. The van der Waals surface area contributed by atoms with Gasteiger partial charge in [0, 0.05) is 23.4 Å². The third-order valence-electron chi connectivity index (χ3n) is 5.14. The first-order valence-corrected chi connectivity index (χ1v) is 11.0. The van der Waals surface area contributed by atoms with Crippen LogP contribution in [0.3, 0.4) is 0 Å². The molecule has 154 valence electrons. The number of rotatable bonds is 7. The molecule has 1 fully saturated rings. The Bertz CT molecular complexity index is 1010. The minimum absolute atomic E-state index is 0.180. The summed E-state index contributed by atoms with van der Waals surface area (Å²) in [5.74, 6) is 0.458. The lowest BCUT2D eigenvalue weighted by molar-refractivity contribution is 0.0949. The van der Waals surface area contributed by atoms with Crippen LogP contribution in [0.4, 0.5) is 5.69 Å². The molecule has 0 atom stereocenters. The highest BCUT2D eigenvalue weighted by atomic mass is 32.1. The van der Waals surface area contributed by atoms with Gasteiger partial charge in [0.05, 0.1) is 11.0 Å². The van der Waals surface area contributed by atoms with Gasteiger partial charge in [-0.25, -0.2) is 0 Å². The van der Waals surface area contributed by atoms with Gasteiger partial charge in [0.15, 0.2) is 0 Å². The maximum absolute atomic E-state index is 12.7. The van der Waals surface area contributed by atoms with E-state index in [9.17, 15) is 9.59 Å². The van der Waals surface area contributed by atoms with Crippen LogP contribution in [0.2, 0.25) is 0 Å². The molecule has 0 saturated heterocycles. The lowest BCUT2D eigenvalue weighted by atomic mass is 10.1. The van der Waals surface area contributed by atoms with Crippen molar-refractivity contribution in [2.45, 2.75) is 38.3 Å². The first kappa shape index (κ1) is 20.2. The SMILES string of the molecule is O=C(NCc1ccccc1OC1CCCC1)c1cccc(NC(=O)c2cccs2)c1. The molecule has 1 saturated carbocycles. The third kappa shape index (κ3) is 5.07. The number of anilines is 1. The second-order valence-electron chi connectivity index (χ2n) is 7.33. The molecule has 1 heterocycles. The van der Waals surface area contributed by atoms with E-state index in [0.717, 1.165) is 24.2 Å². The van der Waals surface area contributed by atoms with Crippen molar-refractivity contribution < 1.29 is 14.3 Å². The molecule has 0 spiro atoms. The molecule has 5 nitrogen and oxygen atoms in total. The number of para-hydroxylation sites is 1. The lowest BCUT2D eigenvalue weighted by Crippen LogP contribution is -2.24. The number of hydrogen-bond donors (Lipinski definition) is 2. The van der Waals surface area contributed by atoms with Gasteiger partial charge in [-0.1, -0.05) is 30.3 Å². The van der Waals surface area contributed by atoms with E-state index in [2.05, 4.69) is 10.6 Å². The first-order valence-electron chi connectivity index (χ1n) is 10.2. The topological polar surface area (TPSA) is 67.4 Å². The van der Waals surface area contributed by atoms with Gasteiger partial charge in [0.25, 0.3) is 11.8 Å². The normalized spacial score (nSPS) is 13.7. The van der Waals surface area contributed by atoms with Crippen LogP contribution in [0.1, 0.15) is 51.3 Å². The molecule has 30 heavy (non-hydrogen) atoms. The molecule has 1 aliphatic rings. The Morgan fingerprint density at radius 1 is 0.967 bits per heavy atom. The third-order valence-corrected chi connectivity index (χ3v) is 6.00. The zero-order chi connectivity index (χ0) is 20.8. The highest BCUT2D eigenvalue weighted by Gasteiger charge is 2.18. The molecule has 3 aromatic rings. The summed E-state index contributed by atoms with van der Waals surface area (Å²) in [5.41, 5.74) is 2.04. The van der Waals surface area contributed by atoms with E-state index in [1.54, 1.807) is 30.3 Å². The Labute approximate surface area is 180 Å². The van der Waals surface area contributed by atoms with E-state index < -0.39 is 0 Å². The van der Waals surface area contributed by atoms with Crippen molar-refractivity contribution >= 4 is 28.8 Å². The number of hydrogen-bond acceptors (Lipinski definition) is 4.